The average Bonchev–Trinajstić information content (AvgIpc) is 3.27. The largest absolute Gasteiger partial charge is 0.325 e. The van der Waals surface area contributed by atoms with Gasteiger partial charge in [0.2, 0.25) is 0 Å². The molecule has 0 saturated carbocycles. The molecular weight excluding hydrogens is 365 g/mol. The molecule has 3 heterocycles. The molecule has 0 aliphatic carbocycles. The molecule has 3 aliphatic rings. The molecule has 0 N–H and O–H groups in total. The number of para-hydroxylation sites is 2. The Kier molecular flexibility index (Phi) is 3.15. The monoisotopic (exact) mass is 383 g/mol. The third-order valence-corrected chi connectivity index (χ3v) is 6.30. The summed E-state index contributed by atoms with van der Waals surface area (Å²) in [6.07, 6.45) is 0.846. The van der Waals surface area contributed by atoms with Gasteiger partial charge in [0, 0.05) is 30.4 Å². The fraction of sp³-hybridized carbons (Fsp3) is 0.167. The van der Waals surface area contributed by atoms with Crippen LogP contribution in [0.3, 0.4) is 0 Å². The van der Waals surface area contributed by atoms with Gasteiger partial charge in [0.25, 0.3) is 5.91 Å². The first-order chi connectivity index (χ1) is 14.1. The number of carbonyl (C=O) groups is 1. The van der Waals surface area contributed by atoms with Gasteiger partial charge in [-0.25, -0.2) is 9.38 Å². The predicted molar refractivity (Wildman–Crippen MR) is 111 cm³/mol. The Bertz CT molecular complexity index is 1230. The third kappa shape index (κ3) is 1.92. The number of fused-ring (bicyclic) bond motifs is 3. The number of hydrogen-bond acceptors (Lipinski definition) is 3. The van der Waals surface area contributed by atoms with Crippen molar-refractivity contribution in [2.24, 2.45) is 4.99 Å². The van der Waals surface area contributed by atoms with Crippen LogP contribution in [0.25, 0.3) is 0 Å². The molecule has 5 heteroatoms. The summed E-state index contributed by atoms with van der Waals surface area (Å²) >= 11 is 0. The van der Waals surface area contributed by atoms with Gasteiger partial charge in [-0.15, -0.1) is 0 Å². The highest BCUT2D eigenvalue weighted by atomic mass is 19.1. The van der Waals surface area contributed by atoms with Crippen molar-refractivity contribution in [1.82, 2.24) is 0 Å². The first-order valence-electron chi connectivity index (χ1n) is 9.75. The van der Waals surface area contributed by atoms with E-state index in [1.807, 2.05) is 42.5 Å². The molecule has 0 fully saturated rings. The quantitative estimate of drug-likeness (QED) is 0.640. The van der Waals surface area contributed by atoms with Crippen molar-refractivity contribution in [2.45, 2.75) is 12.0 Å². The van der Waals surface area contributed by atoms with Crippen molar-refractivity contribution in [1.29, 1.82) is 0 Å². The summed E-state index contributed by atoms with van der Waals surface area (Å²) in [6, 6.07) is 20.5. The molecule has 0 saturated heterocycles. The van der Waals surface area contributed by atoms with Crippen molar-refractivity contribution in [2.75, 3.05) is 23.4 Å². The van der Waals surface area contributed by atoms with E-state index in [2.05, 4.69) is 11.0 Å². The van der Waals surface area contributed by atoms with Crippen LogP contribution in [0.1, 0.15) is 22.3 Å². The molecule has 1 spiro atoms. The Labute approximate surface area is 167 Å². The predicted octanol–water partition coefficient (Wildman–Crippen LogP) is 3.87. The van der Waals surface area contributed by atoms with E-state index in [0.717, 1.165) is 35.5 Å². The van der Waals surface area contributed by atoms with Gasteiger partial charge >= 0.3 is 0 Å². The van der Waals surface area contributed by atoms with Gasteiger partial charge in [-0.2, -0.15) is 0 Å². The van der Waals surface area contributed by atoms with Gasteiger partial charge in [0.15, 0.2) is 5.54 Å². The van der Waals surface area contributed by atoms with Crippen molar-refractivity contribution >= 4 is 23.1 Å². The highest BCUT2D eigenvalue weighted by molar-refractivity contribution is 6.19. The Morgan fingerprint density at radius 2 is 1.72 bits per heavy atom. The summed E-state index contributed by atoms with van der Waals surface area (Å²) in [5.74, 6) is 0.0906. The number of halogens is 1. The van der Waals surface area contributed by atoms with E-state index >= 15 is 0 Å². The number of hydrogen-bond donors (Lipinski definition) is 0. The second-order valence-electron chi connectivity index (χ2n) is 7.72. The fourth-order valence-electron chi connectivity index (χ4n) is 4.99. The molecule has 6 rings (SSSR count). The number of amidine groups is 1. The van der Waals surface area contributed by atoms with Gasteiger partial charge < -0.3 is 9.80 Å². The summed E-state index contributed by atoms with van der Waals surface area (Å²) in [6.45, 7) is 0.723. The number of nitrogens with zero attached hydrogens (tertiary/aromatic N) is 3. The molecular formula is C24H18FN3O. The number of aliphatic imine (C=N–C) groups is 1. The first kappa shape index (κ1) is 16.5. The Morgan fingerprint density at radius 1 is 0.966 bits per heavy atom. The molecule has 1 unspecified atom stereocenters. The van der Waals surface area contributed by atoms with E-state index in [1.54, 1.807) is 24.1 Å². The Morgan fingerprint density at radius 3 is 2.59 bits per heavy atom. The molecule has 29 heavy (non-hydrogen) atoms. The van der Waals surface area contributed by atoms with Gasteiger partial charge in [0.1, 0.15) is 11.7 Å². The molecule has 0 aromatic heterocycles. The number of anilines is 2. The van der Waals surface area contributed by atoms with Crippen LogP contribution in [0.5, 0.6) is 0 Å². The van der Waals surface area contributed by atoms with E-state index in [4.69, 9.17) is 4.99 Å². The highest BCUT2D eigenvalue weighted by Gasteiger charge is 2.56. The zero-order valence-electron chi connectivity index (χ0n) is 15.9. The van der Waals surface area contributed by atoms with Crippen LogP contribution in [0.15, 0.2) is 71.7 Å². The standard InChI is InChI=1S/C24H18FN3O/c1-27-20-12-5-3-9-17(20)24(23(27)29)18-10-6-7-15-13-14-28(21(15)18)22(26-24)16-8-2-4-11-19(16)25/h2-12H,13-14H2,1H3. The lowest BCUT2D eigenvalue weighted by Crippen LogP contribution is -2.46. The summed E-state index contributed by atoms with van der Waals surface area (Å²) in [5, 5.41) is 0. The normalized spacial score (nSPS) is 21.4. The smallest absolute Gasteiger partial charge is 0.264 e. The van der Waals surface area contributed by atoms with Crippen molar-refractivity contribution in [3.8, 4) is 0 Å². The maximum Gasteiger partial charge on any atom is 0.264 e. The summed E-state index contributed by atoms with van der Waals surface area (Å²) in [4.78, 5) is 22.5. The van der Waals surface area contributed by atoms with Crippen LogP contribution < -0.4 is 9.80 Å². The summed E-state index contributed by atoms with van der Waals surface area (Å²) < 4.78 is 14.8. The lowest BCUT2D eigenvalue weighted by Gasteiger charge is -2.37. The minimum atomic E-state index is -1.19. The number of amides is 1. The van der Waals surface area contributed by atoms with Crippen molar-refractivity contribution < 1.29 is 9.18 Å². The third-order valence-electron chi connectivity index (χ3n) is 6.30. The number of rotatable bonds is 1. The SMILES string of the molecule is CN1C(=O)C2(N=C(c3ccccc3F)N3CCc4cccc2c43)c2ccccc21. The van der Waals surface area contributed by atoms with Crippen molar-refractivity contribution in [3.05, 3.63) is 94.8 Å². The van der Waals surface area contributed by atoms with E-state index in [0.29, 0.717) is 11.4 Å². The fourth-order valence-corrected chi connectivity index (χ4v) is 4.99. The summed E-state index contributed by atoms with van der Waals surface area (Å²) in [7, 11) is 1.78. The average molecular weight is 383 g/mol. The second kappa shape index (κ2) is 5.54. The molecule has 3 aliphatic heterocycles. The zero-order chi connectivity index (χ0) is 19.8. The van der Waals surface area contributed by atoms with Crippen LogP contribution >= 0.6 is 0 Å². The lowest BCUT2D eigenvalue weighted by atomic mass is 9.81. The molecule has 1 atom stereocenters. The summed E-state index contributed by atoms with van der Waals surface area (Å²) in [5.41, 5.74) is 3.99. The van der Waals surface area contributed by atoms with E-state index < -0.39 is 5.54 Å². The maximum atomic E-state index is 14.8. The molecule has 3 aromatic rings. The number of benzene rings is 3. The van der Waals surface area contributed by atoms with Crippen LogP contribution in [-0.2, 0) is 16.8 Å². The molecule has 3 aromatic carbocycles. The number of likely N-dealkylation sites (N-methyl/N-ethyl adjacent to an activating group) is 1. The minimum Gasteiger partial charge on any atom is -0.325 e. The molecule has 0 bridgehead atoms. The van der Waals surface area contributed by atoms with Gasteiger partial charge in [-0.3, -0.25) is 4.79 Å². The van der Waals surface area contributed by atoms with Crippen LogP contribution in [0.4, 0.5) is 15.8 Å². The Hall–Kier alpha value is -3.47. The van der Waals surface area contributed by atoms with E-state index in [-0.39, 0.29) is 11.7 Å². The van der Waals surface area contributed by atoms with E-state index in [9.17, 15) is 9.18 Å². The van der Waals surface area contributed by atoms with Crippen LogP contribution in [0.2, 0.25) is 0 Å². The van der Waals surface area contributed by atoms with Crippen molar-refractivity contribution in [3.63, 3.8) is 0 Å². The van der Waals surface area contributed by atoms with Gasteiger partial charge in [0.05, 0.1) is 11.3 Å². The molecule has 142 valence electrons. The maximum absolute atomic E-state index is 14.8. The van der Waals surface area contributed by atoms with Crippen LogP contribution in [0, 0.1) is 5.82 Å². The Balaban J connectivity index is 1.74. The van der Waals surface area contributed by atoms with Gasteiger partial charge in [-0.1, -0.05) is 48.5 Å². The van der Waals surface area contributed by atoms with Gasteiger partial charge in [-0.05, 0) is 30.2 Å². The molecule has 0 radical (unpaired) electrons. The molecule has 1 amide bonds. The first-order valence-corrected chi connectivity index (χ1v) is 9.75. The topological polar surface area (TPSA) is 35.9 Å². The zero-order valence-corrected chi connectivity index (χ0v) is 15.9. The molecule has 4 nitrogen and oxygen atoms in total. The van der Waals surface area contributed by atoms with Crippen LogP contribution in [-0.4, -0.2) is 25.3 Å². The lowest BCUT2D eigenvalue weighted by molar-refractivity contribution is -0.121. The number of carbonyl (C=O) groups excluding carboxylic acids is 1. The van der Waals surface area contributed by atoms with E-state index in [1.165, 1.54) is 11.6 Å². The second-order valence-corrected chi connectivity index (χ2v) is 7.72. The minimum absolute atomic E-state index is 0.104. The highest BCUT2D eigenvalue weighted by Crippen LogP contribution is 2.53.